The molecule has 0 aliphatic heterocycles. The van der Waals surface area contributed by atoms with E-state index in [0.29, 0.717) is 40.1 Å². The molecule has 1 aromatic heterocycles. The molecule has 0 spiro atoms. The number of primary amides is 1. The summed E-state index contributed by atoms with van der Waals surface area (Å²) in [5.74, 6) is -0.717. The summed E-state index contributed by atoms with van der Waals surface area (Å²) in [6, 6.07) is 2.28. The Morgan fingerprint density at radius 1 is 1.12 bits per heavy atom. The zero-order chi connectivity index (χ0) is 24.6. The van der Waals surface area contributed by atoms with E-state index < -0.39 is 27.6 Å². The molecule has 9 nitrogen and oxygen atoms in total. The van der Waals surface area contributed by atoms with E-state index in [1.807, 2.05) is 32.4 Å². The first-order chi connectivity index (χ1) is 15.3. The molecule has 180 valence electrons. The molecule has 1 heterocycles. The van der Waals surface area contributed by atoms with E-state index >= 15 is 0 Å². The van der Waals surface area contributed by atoms with Gasteiger partial charge in [-0.25, -0.2) is 14.5 Å². The number of thiazole rings is 1. The van der Waals surface area contributed by atoms with E-state index in [2.05, 4.69) is 10.3 Å². The topological polar surface area (TPSA) is 151 Å². The average Bonchev–Trinajstić information content (AvgIpc) is 3.37. The standard InChI is InChI=1S/C22H30N4O5S2/c1-12(2)15-9-14(19(23)27)10-16(13(3)4)18(15)25-20(28)26-33(30,31)21-24-11-17(32-21)22(29)7-5-6-8-22/h9-13,29H,5-8H2,1-4H3,(H2,23,27)(H2,25,26,28). The molecular weight excluding hydrogens is 464 g/mol. The van der Waals surface area contributed by atoms with E-state index in [4.69, 9.17) is 5.73 Å². The first-order valence-electron chi connectivity index (χ1n) is 10.8. The lowest BCUT2D eigenvalue weighted by Crippen LogP contribution is -2.35. The first kappa shape index (κ1) is 25.1. The molecule has 0 saturated heterocycles. The normalized spacial score (nSPS) is 15.7. The van der Waals surface area contributed by atoms with Gasteiger partial charge in [-0.15, -0.1) is 11.3 Å². The first-order valence-corrected chi connectivity index (χ1v) is 13.1. The third kappa shape index (κ3) is 5.36. The van der Waals surface area contributed by atoms with Crippen LogP contribution in [0.2, 0.25) is 0 Å². The third-order valence-electron chi connectivity index (χ3n) is 5.80. The van der Waals surface area contributed by atoms with Crippen molar-refractivity contribution in [2.24, 2.45) is 5.73 Å². The molecule has 1 fully saturated rings. The number of rotatable bonds is 7. The van der Waals surface area contributed by atoms with Gasteiger partial charge in [0.25, 0.3) is 10.0 Å². The van der Waals surface area contributed by atoms with Crippen LogP contribution in [0.3, 0.4) is 0 Å². The Labute approximate surface area is 197 Å². The van der Waals surface area contributed by atoms with Gasteiger partial charge in [0, 0.05) is 17.4 Å². The monoisotopic (exact) mass is 494 g/mol. The Bertz CT molecular complexity index is 1140. The second kappa shape index (κ2) is 9.40. The maximum absolute atomic E-state index is 12.8. The number of benzene rings is 1. The average molecular weight is 495 g/mol. The van der Waals surface area contributed by atoms with Crippen molar-refractivity contribution < 1.29 is 23.1 Å². The Balaban J connectivity index is 1.87. The van der Waals surface area contributed by atoms with E-state index in [1.165, 1.54) is 6.20 Å². The Morgan fingerprint density at radius 3 is 2.15 bits per heavy atom. The highest BCUT2D eigenvalue weighted by atomic mass is 32.2. The number of nitrogens with one attached hydrogen (secondary N) is 2. The number of sulfonamides is 1. The molecule has 0 radical (unpaired) electrons. The van der Waals surface area contributed by atoms with Crippen LogP contribution in [0.25, 0.3) is 0 Å². The van der Waals surface area contributed by atoms with Gasteiger partial charge in [-0.3, -0.25) is 4.79 Å². The van der Waals surface area contributed by atoms with Crippen molar-refractivity contribution in [1.29, 1.82) is 0 Å². The Hall–Kier alpha value is -2.50. The quantitative estimate of drug-likeness (QED) is 0.460. The number of carbonyl (C=O) groups excluding carboxylic acids is 2. The van der Waals surface area contributed by atoms with Gasteiger partial charge in [-0.2, -0.15) is 8.42 Å². The molecule has 11 heteroatoms. The molecule has 1 saturated carbocycles. The fourth-order valence-corrected chi connectivity index (χ4v) is 6.19. The Kier molecular flexibility index (Phi) is 7.15. The molecule has 5 N–H and O–H groups in total. The summed E-state index contributed by atoms with van der Waals surface area (Å²) in [5.41, 5.74) is 6.51. The predicted molar refractivity (Wildman–Crippen MR) is 127 cm³/mol. The number of hydrogen-bond donors (Lipinski definition) is 4. The number of amides is 3. The zero-order valence-electron chi connectivity index (χ0n) is 19.1. The maximum atomic E-state index is 12.8. The lowest BCUT2D eigenvalue weighted by molar-refractivity contribution is 0.0481. The second-order valence-electron chi connectivity index (χ2n) is 8.99. The minimum Gasteiger partial charge on any atom is -0.384 e. The lowest BCUT2D eigenvalue weighted by Gasteiger charge is -2.21. The van der Waals surface area contributed by atoms with Gasteiger partial charge in [0.1, 0.15) is 5.60 Å². The van der Waals surface area contributed by atoms with Crippen LogP contribution >= 0.6 is 11.3 Å². The van der Waals surface area contributed by atoms with Gasteiger partial charge in [0.05, 0.1) is 4.88 Å². The van der Waals surface area contributed by atoms with Crippen LogP contribution in [0.15, 0.2) is 22.7 Å². The zero-order valence-corrected chi connectivity index (χ0v) is 20.8. The van der Waals surface area contributed by atoms with E-state index in [-0.39, 0.29) is 16.2 Å². The van der Waals surface area contributed by atoms with Crippen molar-refractivity contribution in [2.75, 3.05) is 5.32 Å². The van der Waals surface area contributed by atoms with Crippen molar-refractivity contribution in [1.82, 2.24) is 9.71 Å². The summed E-state index contributed by atoms with van der Waals surface area (Å²) >= 11 is 0.863. The molecule has 2 aromatic rings. The minimum atomic E-state index is -4.24. The number of nitrogens with two attached hydrogens (primary N) is 1. The number of carbonyl (C=O) groups is 2. The number of nitrogens with zero attached hydrogens (tertiary/aromatic N) is 1. The van der Waals surface area contributed by atoms with E-state index in [9.17, 15) is 23.1 Å². The molecule has 33 heavy (non-hydrogen) atoms. The van der Waals surface area contributed by atoms with Crippen LogP contribution in [0.4, 0.5) is 10.5 Å². The molecule has 1 aliphatic carbocycles. The van der Waals surface area contributed by atoms with Gasteiger partial charge < -0.3 is 16.2 Å². The lowest BCUT2D eigenvalue weighted by atomic mass is 9.90. The summed E-state index contributed by atoms with van der Waals surface area (Å²) in [4.78, 5) is 28.9. The van der Waals surface area contributed by atoms with Crippen molar-refractivity contribution in [3.05, 3.63) is 39.9 Å². The van der Waals surface area contributed by atoms with Gasteiger partial charge in [-0.1, -0.05) is 40.5 Å². The Morgan fingerprint density at radius 2 is 1.67 bits per heavy atom. The maximum Gasteiger partial charge on any atom is 0.333 e. The van der Waals surface area contributed by atoms with Crippen molar-refractivity contribution in [2.45, 2.75) is 75.2 Å². The molecule has 0 unspecified atom stereocenters. The molecule has 0 bridgehead atoms. The van der Waals surface area contributed by atoms with Crippen LogP contribution in [0.5, 0.6) is 0 Å². The number of aliphatic hydroxyl groups is 1. The van der Waals surface area contributed by atoms with E-state index in [1.54, 1.807) is 12.1 Å². The fraction of sp³-hybridized carbons (Fsp3) is 0.500. The number of hydrogen-bond acceptors (Lipinski definition) is 7. The summed E-state index contributed by atoms with van der Waals surface area (Å²) in [6.45, 7) is 7.59. The SMILES string of the molecule is CC(C)c1cc(C(N)=O)cc(C(C)C)c1NC(=O)NS(=O)(=O)c1ncc(C2(O)CCCC2)s1. The van der Waals surface area contributed by atoms with E-state index in [0.717, 1.165) is 24.2 Å². The van der Waals surface area contributed by atoms with Crippen LogP contribution in [-0.4, -0.2) is 30.4 Å². The highest BCUT2D eigenvalue weighted by molar-refractivity contribution is 7.92. The van der Waals surface area contributed by atoms with Gasteiger partial charge in [0.15, 0.2) is 0 Å². The van der Waals surface area contributed by atoms with Crippen LogP contribution in [0.1, 0.15) is 91.6 Å². The third-order valence-corrected chi connectivity index (χ3v) is 8.71. The second-order valence-corrected chi connectivity index (χ2v) is 11.9. The number of anilines is 1. The molecule has 1 aromatic carbocycles. The number of aromatic nitrogens is 1. The molecule has 3 rings (SSSR count). The highest BCUT2D eigenvalue weighted by Gasteiger charge is 2.36. The predicted octanol–water partition coefficient (Wildman–Crippen LogP) is 3.76. The highest BCUT2D eigenvalue weighted by Crippen LogP contribution is 2.41. The van der Waals surface area contributed by atoms with Crippen LogP contribution in [0, 0.1) is 0 Å². The summed E-state index contributed by atoms with van der Waals surface area (Å²) < 4.78 is 27.3. The van der Waals surface area contributed by atoms with Gasteiger partial charge in [-0.05, 0) is 47.9 Å². The minimum absolute atomic E-state index is 0.0672. The number of urea groups is 1. The van der Waals surface area contributed by atoms with Gasteiger partial charge in [0.2, 0.25) is 10.2 Å². The smallest absolute Gasteiger partial charge is 0.333 e. The summed E-state index contributed by atoms with van der Waals surface area (Å²) in [6.07, 6.45) is 4.20. The molecule has 3 amide bonds. The summed E-state index contributed by atoms with van der Waals surface area (Å²) in [7, 11) is -4.24. The van der Waals surface area contributed by atoms with Crippen molar-refractivity contribution in [3.63, 3.8) is 0 Å². The fourth-order valence-electron chi connectivity index (χ4n) is 3.99. The molecular formula is C22H30N4O5S2. The van der Waals surface area contributed by atoms with Crippen molar-refractivity contribution >= 4 is 39.0 Å². The van der Waals surface area contributed by atoms with Gasteiger partial charge >= 0.3 is 6.03 Å². The van der Waals surface area contributed by atoms with Crippen LogP contribution < -0.4 is 15.8 Å². The van der Waals surface area contributed by atoms with Crippen molar-refractivity contribution in [3.8, 4) is 0 Å². The molecule has 0 atom stereocenters. The van der Waals surface area contributed by atoms with Crippen LogP contribution in [-0.2, 0) is 15.6 Å². The largest absolute Gasteiger partial charge is 0.384 e. The molecule has 1 aliphatic rings. The summed E-state index contributed by atoms with van der Waals surface area (Å²) in [5, 5.41) is 13.3.